The van der Waals surface area contributed by atoms with Crippen molar-refractivity contribution in [3.8, 4) is 11.5 Å². The van der Waals surface area contributed by atoms with Crippen LogP contribution in [0, 0.1) is 5.92 Å². The van der Waals surface area contributed by atoms with Gasteiger partial charge in [0.25, 0.3) is 5.91 Å². The predicted octanol–water partition coefficient (Wildman–Crippen LogP) is 1.43. The van der Waals surface area contributed by atoms with E-state index >= 15 is 0 Å². The number of carbonyl (C=O) groups is 1. The molecule has 0 spiro atoms. The highest BCUT2D eigenvalue weighted by molar-refractivity contribution is 5.89. The van der Waals surface area contributed by atoms with Gasteiger partial charge in [0, 0.05) is 28.5 Å². The minimum absolute atomic E-state index is 0.134. The van der Waals surface area contributed by atoms with E-state index in [4.69, 9.17) is 15.2 Å². The van der Waals surface area contributed by atoms with Crippen molar-refractivity contribution in [3.63, 3.8) is 0 Å². The number of amides is 1. The number of rotatable bonds is 6. The van der Waals surface area contributed by atoms with Gasteiger partial charge in [-0.05, 0) is 18.6 Å². The molecule has 1 aromatic carbocycles. The maximum Gasteiger partial charge on any atom is 0.255 e. The molecule has 1 aliphatic heterocycles. The number of alkyl halides is 1. The standard InChI is InChI=1S/C18H22FN3O4/c1-3-10-13(22-18(24)16(10)19)8-26-15-7-21-6-9-4-12(17(20)23)14(25-2)5-11(9)15/h4-7,10,13,16-17,23H,3,8,20H2,1-2H3,(H,22,24)/t10-,13+,16-,17?/m0/s1. The summed E-state index contributed by atoms with van der Waals surface area (Å²) in [6.45, 7) is 1.98. The zero-order chi connectivity index (χ0) is 18.8. The quantitative estimate of drug-likeness (QED) is 0.671. The Balaban J connectivity index is 1.87. The lowest BCUT2D eigenvalue weighted by Gasteiger charge is -2.19. The fraction of sp³-hybridized carbons (Fsp3) is 0.444. The first-order valence-corrected chi connectivity index (χ1v) is 8.42. The Bertz CT molecular complexity index is 814. The maximum absolute atomic E-state index is 13.9. The molecule has 140 valence electrons. The Morgan fingerprint density at radius 3 is 2.81 bits per heavy atom. The van der Waals surface area contributed by atoms with Gasteiger partial charge in [-0.15, -0.1) is 0 Å². The van der Waals surface area contributed by atoms with Crippen LogP contribution in [0.3, 0.4) is 0 Å². The Morgan fingerprint density at radius 1 is 1.38 bits per heavy atom. The van der Waals surface area contributed by atoms with E-state index in [1.165, 1.54) is 7.11 Å². The summed E-state index contributed by atoms with van der Waals surface area (Å²) < 4.78 is 25.0. The summed E-state index contributed by atoms with van der Waals surface area (Å²) >= 11 is 0. The summed E-state index contributed by atoms with van der Waals surface area (Å²) in [6, 6.07) is 2.99. The zero-order valence-electron chi connectivity index (χ0n) is 14.6. The highest BCUT2D eigenvalue weighted by Crippen LogP contribution is 2.33. The number of ether oxygens (including phenoxy) is 2. The van der Waals surface area contributed by atoms with Crippen LogP contribution >= 0.6 is 0 Å². The number of benzene rings is 1. The van der Waals surface area contributed by atoms with Crippen LogP contribution in [-0.2, 0) is 4.79 Å². The number of halogens is 1. The fourth-order valence-electron chi connectivity index (χ4n) is 3.32. The molecule has 7 nitrogen and oxygen atoms in total. The third kappa shape index (κ3) is 3.30. The van der Waals surface area contributed by atoms with Crippen molar-refractivity contribution in [1.82, 2.24) is 10.3 Å². The van der Waals surface area contributed by atoms with Crippen LogP contribution < -0.4 is 20.5 Å². The van der Waals surface area contributed by atoms with Gasteiger partial charge in [-0.25, -0.2) is 4.39 Å². The SMILES string of the molecule is CC[C@@H]1[C@H](F)C(=O)N[C@@H]1COc1cncc2cc(C(N)O)c(OC)cc12. The maximum atomic E-state index is 13.9. The molecule has 1 unspecified atom stereocenters. The predicted molar refractivity (Wildman–Crippen MR) is 93.5 cm³/mol. The van der Waals surface area contributed by atoms with E-state index < -0.39 is 30.3 Å². The molecular formula is C18H22FN3O4. The largest absolute Gasteiger partial charge is 0.496 e. The summed E-state index contributed by atoms with van der Waals surface area (Å²) in [5.41, 5.74) is 6.00. The number of hydrogen-bond acceptors (Lipinski definition) is 6. The number of aromatic nitrogens is 1. The van der Waals surface area contributed by atoms with Crippen LogP contribution in [0.4, 0.5) is 4.39 Å². The van der Waals surface area contributed by atoms with Gasteiger partial charge in [0.05, 0.1) is 19.3 Å². The molecule has 0 aliphatic carbocycles. The van der Waals surface area contributed by atoms with E-state index in [0.717, 1.165) is 5.39 Å². The first-order chi connectivity index (χ1) is 12.5. The fourth-order valence-corrected chi connectivity index (χ4v) is 3.32. The summed E-state index contributed by atoms with van der Waals surface area (Å²) in [5.74, 6) is -0.109. The van der Waals surface area contributed by atoms with Gasteiger partial charge in [-0.3, -0.25) is 9.78 Å². The van der Waals surface area contributed by atoms with Gasteiger partial charge in [0.2, 0.25) is 0 Å². The van der Waals surface area contributed by atoms with E-state index in [-0.39, 0.29) is 6.61 Å². The van der Waals surface area contributed by atoms with E-state index in [9.17, 15) is 14.3 Å². The number of hydrogen-bond donors (Lipinski definition) is 3. The Hall–Kier alpha value is -2.45. The molecule has 26 heavy (non-hydrogen) atoms. The average molecular weight is 363 g/mol. The smallest absolute Gasteiger partial charge is 0.255 e. The zero-order valence-corrected chi connectivity index (χ0v) is 14.6. The number of fused-ring (bicyclic) bond motifs is 1. The molecule has 8 heteroatoms. The number of carbonyl (C=O) groups excluding carboxylic acids is 1. The molecule has 0 saturated carbocycles. The van der Waals surface area contributed by atoms with E-state index in [0.29, 0.717) is 28.9 Å². The van der Waals surface area contributed by atoms with Crippen molar-refractivity contribution < 1.29 is 23.8 Å². The third-order valence-corrected chi connectivity index (χ3v) is 4.75. The summed E-state index contributed by atoms with van der Waals surface area (Å²) in [4.78, 5) is 15.7. The molecule has 1 aromatic heterocycles. The van der Waals surface area contributed by atoms with Gasteiger partial charge >= 0.3 is 0 Å². The first kappa shape index (κ1) is 18.3. The Morgan fingerprint density at radius 2 is 2.15 bits per heavy atom. The lowest BCUT2D eigenvalue weighted by molar-refractivity contribution is -0.123. The Labute approximate surface area is 150 Å². The molecular weight excluding hydrogens is 341 g/mol. The van der Waals surface area contributed by atoms with Crippen molar-refractivity contribution in [2.75, 3.05) is 13.7 Å². The highest BCUT2D eigenvalue weighted by atomic mass is 19.1. The molecule has 2 heterocycles. The van der Waals surface area contributed by atoms with Crippen LogP contribution in [0.1, 0.15) is 25.1 Å². The van der Waals surface area contributed by atoms with Gasteiger partial charge in [0.1, 0.15) is 24.3 Å². The molecule has 0 bridgehead atoms. The highest BCUT2D eigenvalue weighted by Gasteiger charge is 2.41. The van der Waals surface area contributed by atoms with Crippen molar-refractivity contribution in [2.24, 2.45) is 11.7 Å². The normalized spacial score (nSPS) is 23.7. The summed E-state index contributed by atoms with van der Waals surface area (Å²) in [6.07, 6.45) is 1.02. The first-order valence-electron chi connectivity index (χ1n) is 8.42. The Kier molecular flexibility index (Phi) is 5.24. The monoisotopic (exact) mass is 363 g/mol. The minimum Gasteiger partial charge on any atom is -0.496 e. The van der Waals surface area contributed by atoms with Gasteiger partial charge < -0.3 is 25.6 Å². The van der Waals surface area contributed by atoms with Gasteiger partial charge in [-0.1, -0.05) is 6.92 Å². The molecule has 1 fully saturated rings. The minimum atomic E-state index is -1.51. The number of nitrogens with zero attached hydrogens (tertiary/aromatic N) is 1. The topological polar surface area (TPSA) is 107 Å². The van der Waals surface area contributed by atoms with Crippen molar-refractivity contribution >= 4 is 16.7 Å². The molecule has 1 amide bonds. The van der Waals surface area contributed by atoms with Crippen LogP contribution in [0.5, 0.6) is 11.5 Å². The van der Waals surface area contributed by atoms with Crippen molar-refractivity contribution in [1.29, 1.82) is 0 Å². The second-order valence-electron chi connectivity index (χ2n) is 6.30. The number of nitrogens with two attached hydrogens (primary N) is 1. The van der Waals surface area contributed by atoms with Gasteiger partial charge in [0.15, 0.2) is 6.17 Å². The van der Waals surface area contributed by atoms with Crippen LogP contribution in [-0.4, -0.2) is 41.9 Å². The number of methoxy groups -OCH3 is 1. The van der Waals surface area contributed by atoms with Crippen LogP contribution in [0.25, 0.3) is 10.8 Å². The van der Waals surface area contributed by atoms with Crippen molar-refractivity contribution in [2.45, 2.75) is 31.8 Å². The van der Waals surface area contributed by atoms with E-state index in [1.807, 2.05) is 6.92 Å². The van der Waals surface area contributed by atoms with Crippen LogP contribution in [0.2, 0.25) is 0 Å². The second-order valence-corrected chi connectivity index (χ2v) is 6.30. The van der Waals surface area contributed by atoms with E-state index in [1.54, 1.807) is 24.5 Å². The second kappa shape index (κ2) is 7.43. The average Bonchev–Trinajstić information content (AvgIpc) is 2.91. The molecule has 0 radical (unpaired) electrons. The lowest BCUT2D eigenvalue weighted by Crippen LogP contribution is -2.34. The lowest BCUT2D eigenvalue weighted by atomic mass is 9.97. The molecule has 4 N–H and O–H groups in total. The number of pyridine rings is 1. The molecule has 2 aromatic rings. The summed E-state index contributed by atoms with van der Waals surface area (Å²) in [7, 11) is 1.48. The number of aliphatic hydroxyl groups is 1. The van der Waals surface area contributed by atoms with Crippen LogP contribution in [0.15, 0.2) is 24.5 Å². The number of nitrogens with one attached hydrogen (secondary N) is 1. The van der Waals surface area contributed by atoms with Crippen molar-refractivity contribution in [3.05, 3.63) is 30.1 Å². The van der Waals surface area contributed by atoms with Gasteiger partial charge in [-0.2, -0.15) is 0 Å². The summed E-state index contributed by atoms with van der Waals surface area (Å²) in [5, 5.41) is 13.8. The molecule has 1 aliphatic rings. The molecule has 4 atom stereocenters. The molecule has 3 rings (SSSR count). The number of aliphatic hydroxyl groups excluding tert-OH is 1. The van der Waals surface area contributed by atoms with E-state index in [2.05, 4.69) is 10.3 Å². The molecule has 1 saturated heterocycles. The third-order valence-electron chi connectivity index (χ3n) is 4.75.